The number of imidazole rings is 1. The number of aryl methyl sites for hydroxylation is 1. The smallest absolute Gasteiger partial charge is 0.229 e. The van der Waals surface area contributed by atoms with E-state index in [0.717, 1.165) is 39.5 Å². The van der Waals surface area contributed by atoms with E-state index in [2.05, 4.69) is 25.6 Å². The van der Waals surface area contributed by atoms with Crippen molar-refractivity contribution in [1.29, 1.82) is 0 Å². The van der Waals surface area contributed by atoms with Gasteiger partial charge in [-0.3, -0.25) is 0 Å². The van der Waals surface area contributed by atoms with E-state index in [-0.39, 0.29) is 0 Å². The van der Waals surface area contributed by atoms with Crippen LogP contribution in [-0.4, -0.2) is 41.2 Å². The van der Waals surface area contributed by atoms with E-state index in [0.29, 0.717) is 17.5 Å². The first-order valence-corrected chi connectivity index (χ1v) is 9.12. The van der Waals surface area contributed by atoms with Gasteiger partial charge < -0.3 is 25.1 Å². The van der Waals surface area contributed by atoms with Crippen LogP contribution in [0.4, 0.5) is 17.5 Å². The number of fused-ring (bicyclic) bond motifs is 1. The van der Waals surface area contributed by atoms with Crippen LogP contribution >= 0.6 is 0 Å². The molecule has 0 spiro atoms. The topological polar surface area (TPSA) is 97.0 Å². The molecule has 2 heterocycles. The number of hydrogen-bond donors (Lipinski definition) is 3. The maximum atomic E-state index is 5.55. The molecule has 0 unspecified atom stereocenters. The number of methoxy groups -OCH3 is 2. The van der Waals surface area contributed by atoms with Crippen molar-refractivity contribution in [3.05, 3.63) is 48.2 Å². The summed E-state index contributed by atoms with van der Waals surface area (Å²) >= 11 is 0. The van der Waals surface area contributed by atoms with Crippen LogP contribution in [0.3, 0.4) is 0 Å². The van der Waals surface area contributed by atoms with Crippen molar-refractivity contribution in [3.63, 3.8) is 0 Å². The highest BCUT2D eigenvalue weighted by molar-refractivity contribution is 5.83. The van der Waals surface area contributed by atoms with E-state index in [4.69, 9.17) is 14.5 Å². The fourth-order valence-electron chi connectivity index (χ4n) is 3.10. The Morgan fingerprint density at radius 3 is 2.55 bits per heavy atom. The Balaban J connectivity index is 1.73. The molecule has 4 rings (SSSR count). The second kappa shape index (κ2) is 7.67. The molecule has 3 N–H and O–H groups in total. The van der Waals surface area contributed by atoms with Crippen molar-refractivity contribution in [2.45, 2.75) is 6.92 Å². The Kier molecular flexibility index (Phi) is 4.90. The zero-order chi connectivity index (χ0) is 20.4. The van der Waals surface area contributed by atoms with Gasteiger partial charge in [-0.25, -0.2) is 9.97 Å². The number of H-pyrrole nitrogens is 1. The van der Waals surface area contributed by atoms with E-state index in [9.17, 15) is 0 Å². The molecule has 0 atom stereocenters. The molecule has 0 saturated carbocycles. The highest BCUT2D eigenvalue weighted by Gasteiger charge is 2.13. The Morgan fingerprint density at radius 2 is 1.79 bits per heavy atom. The summed E-state index contributed by atoms with van der Waals surface area (Å²) < 4.78 is 10.8. The fourth-order valence-corrected chi connectivity index (χ4v) is 3.10. The minimum atomic E-state index is 0.514. The van der Waals surface area contributed by atoms with Crippen LogP contribution in [-0.2, 0) is 0 Å². The molecule has 0 bridgehead atoms. The lowest BCUT2D eigenvalue weighted by atomic mass is 10.1. The molecule has 0 aliphatic rings. The normalized spacial score (nSPS) is 10.8. The van der Waals surface area contributed by atoms with Gasteiger partial charge in [-0.2, -0.15) is 4.98 Å². The van der Waals surface area contributed by atoms with Gasteiger partial charge in [0.25, 0.3) is 0 Å². The molecule has 8 heteroatoms. The first-order chi connectivity index (χ1) is 14.1. The van der Waals surface area contributed by atoms with E-state index >= 15 is 0 Å². The highest BCUT2D eigenvalue weighted by Crippen LogP contribution is 2.33. The van der Waals surface area contributed by atoms with Gasteiger partial charge in [-0.05, 0) is 37.3 Å². The molecule has 2 aromatic heterocycles. The summed E-state index contributed by atoms with van der Waals surface area (Å²) in [7, 11) is 5.11. The zero-order valence-electron chi connectivity index (χ0n) is 16.7. The van der Waals surface area contributed by atoms with Crippen molar-refractivity contribution in [2.75, 3.05) is 31.9 Å². The van der Waals surface area contributed by atoms with Crippen LogP contribution in [0.5, 0.6) is 11.5 Å². The van der Waals surface area contributed by atoms with Gasteiger partial charge in [0.1, 0.15) is 23.1 Å². The molecule has 29 heavy (non-hydrogen) atoms. The Bertz CT molecular complexity index is 1170. The molecule has 8 nitrogen and oxygen atoms in total. The largest absolute Gasteiger partial charge is 0.497 e. The second-order valence-corrected chi connectivity index (χ2v) is 6.48. The van der Waals surface area contributed by atoms with Crippen LogP contribution < -0.4 is 20.1 Å². The number of rotatable bonds is 6. The molecule has 0 fully saturated rings. The molecule has 148 valence electrons. The number of ether oxygens (including phenoxy) is 2. The van der Waals surface area contributed by atoms with Crippen LogP contribution in [0.15, 0.2) is 42.5 Å². The maximum Gasteiger partial charge on any atom is 0.229 e. The number of nitrogens with zero attached hydrogens (tertiary/aromatic N) is 3. The van der Waals surface area contributed by atoms with Crippen LogP contribution in [0.25, 0.3) is 22.4 Å². The number of aromatic nitrogens is 4. The van der Waals surface area contributed by atoms with Gasteiger partial charge >= 0.3 is 0 Å². The second-order valence-electron chi connectivity index (χ2n) is 6.48. The first-order valence-electron chi connectivity index (χ1n) is 9.12. The highest BCUT2D eigenvalue weighted by atomic mass is 16.5. The minimum absolute atomic E-state index is 0.514. The van der Waals surface area contributed by atoms with E-state index in [1.54, 1.807) is 14.2 Å². The van der Waals surface area contributed by atoms with Crippen molar-refractivity contribution in [3.8, 4) is 22.9 Å². The van der Waals surface area contributed by atoms with Crippen molar-refractivity contribution in [2.24, 2.45) is 0 Å². The zero-order valence-corrected chi connectivity index (χ0v) is 16.7. The lowest BCUT2D eigenvalue weighted by molar-refractivity contribution is 0.415. The summed E-state index contributed by atoms with van der Waals surface area (Å²) in [4.78, 5) is 16.9. The van der Waals surface area contributed by atoms with Crippen LogP contribution in [0.1, 0.15) is 5.69 Å². The summed E-state index contributed by atoms with van der Waals surface area (Å²) in [5.74, 6) is 3.45. The van der Waals surface area contributed by atoms with Gasteiger partial charge in [0.05, 0.1) is 30.8 Å². The third kappa shape index (κ3) is 3.77. The standard InChI is InChI=1S/C21H22N6O2/c1-12-9-19(22-2)27-21(23-12)24-13-5-8-18(29-4)15(10-13)20-25-16-7-6-14(28-3)11-17(16)26-20/h5-11H,1-4H3,(H,25,26)(H2,22,23,24,27). The third-order valence-electron chi connectivity index (χ3n) is 4.51. The molecular formula is C21H22N6O2. The summed E-state index contributed by atoms with van der Waals surface area (Å²) in [6, 6.07) is 13.4. The van der Waals surface area contributed by atoms with Gasteiger partial charge in [-0.15, -0.1) is 0 Å². The first kappa shape index (κ1) is 18.5. The molecule has 4 aromatic rings. The molecular weight excluding hydrogens is 368 g/mol. The average Bonchev–Trinajstić information content (AvgIpc) is 3.16. The predicted molar refractivity (Wildman–Crippen MR) is 114 cm³/mol. The molecule has 2 aromatic carbocycles. The van der Waals surface area contributed by atoms with Gasteiger partial charge in [-0.1, -0.05) is 0 Å². The number of hydrogen-bond acceptors (Lipinski definition) is 7. The third-order valence-corrected chi connectivity index (χ3v) is 4.51. The van der Waals surface area contributed by atoms with Crippen molar-refractivity contribution >= 4 is 28.5 Å². The molecule has 0 radical (unpaired) electrons. The van der Waals surface area contributed by atoms with Crippen molar-refractivity contribution < 1.29 is 9.47 Å². The predicted octanol–water partition coefficient (Wildman–Crippen LogP) is 4.13. The lowest BCUT2D eigenvalue weighted by Gasteiger charge is -2.11. The Labute approximate surface area is 168 Å². The van der Waals surface area contributed by atoms with Gasteiger partial charge in [0.15, 0.2) is 0 Å². The van der Waals surface area contributed by atoms with Gasteiger partial charge in [0.2, 0.25) is 5.95 Å². The van der Waals surface area contributed by atoms with Crippen LogP contribution in [0, 0.1) is 6.92 Å². The molecule has 0 amide bonds. The number of nitrogens with one attached hydrogen (secondary N) is 3. The fraction of sp³-hybridized carbons (Fsp3) is 0.190. The molecule has 0 aliphatic carbocycles. The van der Waals surface area contributed by atoms with Gasteiger partial charge in [0, 0.05) is 30.6 Å². The summed E-state index contributed by atoms with van der Waals surface area (Å²) in [6.07, 6.45) is 0. The van der Waals surface area contributed by atoms with E-state index in [1.165, 1.54) is 0 Å². The SMILES string of the molecule is CNc1cc(C)nc(Nc2ccc(OC)c(-c3nc4ccc(OC)cc4[nH]3)c2)n1. The maximum absolute atomic E-state index is 5.55. The molecule has 0 saturated heterocycles. The van der Waals surface area contributed by atoms with E-state index < -0.39 is 0 Å². The van der Waals surface area contributed by atoms with E-state index in [1.807, 2.05) is 56.4 Å². The van der Waals surface area contributed by atoms with Crippen LogP contribution in [0.2, 0.25) is 0 Å². The quantitative estimate of drug-likeness (QED) is 0.455. The number of benzene rings is 2. The summed E-state index contributed by atoms with van der Waals surface area (Å²) in [5.41, 5.74) is 4.26. The minimum Gasteiger partial charge on any atom is -0.497 e. The lowest BCUT2D eigenvalue weighted by Crippen LogP contribution is -2.02. The average molecular weight is 390 g/mol. The Morgan fingerprint density at radius 1 is 0.931 bits per heavy atom. The number of anilines is 3. The molecule has 0 aliphatic heterocycles. The number of aromatic amines is 1. The summed E-state index contributed by atoms with van der Waals surface area (Å²) in [6.45, 7) is 1.93. The Hall–Kier alpha value is -3.81. The summed E-state index contributed by atoms with van der Waals surface area (Å²) in [5, 5.41) is 6.29. The van der Waals surface area contributed by atoms with Crippen molar-refractivity contribution in [1.82, 2.24) is 19.9 Å². The monoisotopic (exact) mass is 390 g/mol.